The third-order valence-corrected chi connectivity index (χ3v) is 7.68. The first kappa shape index (κ1) is 22.4. The molecule has 0 aliphatic rings. The fourth-order valence-corrected chi connectivity index (χ4v) is 5.85. The van der Waals surface area contributed by atoms with Gasteiger partial charge in [0.1, 0.15) is 12.6 Å². The Bertz CT molecular complexity index is 2010. The maximum absolute atomic E-state index is 6.53. The summed E-state index contributed by atoms with van der Waals surface area (Å²) in [6, 6.07) is 23.4. The fourth-order valence-electron chi connectivity index (χ4n) is 5.85. The molecule has 7 aromatic rings. The van der Waals surface area contributed by atoms with Gasteiger partial charge in [-0.3, -0.25) is 9.97 Å². The lowest BCUT2D eigenvalue weighted by atomic mass is 9.91. The minimum Gasteiger partial charge on any atom is -0.454 e. The number of furan rings is 1. The number of fused-ring (bicyclic) bond motifs is 4. The van der Waals surface area contributed by atoms with Crippen molar-refractivity contribution < 1.29 is 8.98 Å². The molecule has 0 aliphatic carbocycles. The summed E-state index contributed by atoms with van der Waals surface area (Å²) < 4.78 is 11.0. The molecule has 0 atom stereocenters. The average molecular weight is 496 g/mol. The van der Waals surface area contributed by atoms with Gasteiger partial charge in [0.05, 0.1) is 23.0 Å². The Morgan fingerprint density at radius 1 is 0.842 bits per heavy atom. The number of hydrogen-bond donors (Lipinski definition) is 0. The van der Waals surface area contributed by atoms with Gasteiger partial charge in [-0.15, -0.1) is 0 Å². The molecule has 0 spiro atoms. The largest absolute Gasteiger partial charge is 0.454 e. The van der Waals surface area contributed by atoms with Crippen molar-refractivity contribution in [2.75, 3.05) is 0 Å². The Labute approximate surface area is 220 Å². The zero-order valence-corrected chi connectivity index (χ0v) is 21.9. The van der Waals surface area contributed by atoms with Crippen LogP contribution in [0, 0.1) is 13.8 Å². The highest BCUT2D eigenvalue weighted by atomic mass is 16.3. The average Bonchev–Trinajstić information content (AvgIpc) is 3.44. The van der Waals surface area contributed by atoms with Crippen molar-refractivity contribution in [1.82, 2.24) is 14.5 Å². The van der Waals surface area contributed by atoms with Gasteiger partial charge in [0, 0.05) is 64.6 Å². The van der Waals surface area contributed by atoms with E-state index in [0.717, 1.165) is 49.8 Å². The molecule has 0 saturated carbocycles. The van der Waals surface area contributed by atoms with Crippen LogP contribution in [0.3, 0.4) is 0 Å². The normalized spacial score (nSPS) is 11.7. The first-order valence-corrected chi connectivity index (χ1v) is 12.8. The van der Waals surface area contributed by atoms with Gasteiger partial charge in [-0.05, 0) is 49.2 Å². The lowest BCUT2D eigenvalue weighted by Gasteiger charge is -2.15. The number of rotatable bonds is 3. The van der Waals surface area contributed by atoms with Gasteiger partial charge in [0.25, 0.3) is 0 Å². The molecular formula is C33H27N4O+. The lowest BCUT2D eigenvalue weighted by molar-refractivity contribution is -0.660. The first-order valence-electron chi connectivity index (χ1n) is 12.8. The van der Waals surface area contributed by atoms with Crippen LogP contribution in [0.2, 0.25) is 0 Å². The van der Waals surface area contributed by atoms with Gasteiger partial charge in [-0.25, -0.2) is 4.57 Å². The second-order valence-corrected chi connectivity index (χ2v) is 9.96. The molecule has 2 aromatic carbocycles. The molecule has 5 heteroatoms. The predicted molar refractivity (Wildman–Crippen MR) is 153 cm³/mol. The number of aryl methyl sites for hydroxylation is 3. The van der Waals surface area contributed by atoms with Crippen molar-refractivity contribution in [2.45, 2.75) is 13.8 Å². The zero-order valence-electron chi connectivity index (χ0n) is 21.9. The predicted octanol–water partition coefficient (Wildman–Crippen LogP) is 7.31. The highest BCUT2D eigenvalue weighted by Crippen LogP contribution is 2.46. The fraction of sp³-hybridized carbons (Fsp3) is 0.121. The quantitative estimate of drug-likeness (QED) is 0.242. The summed E-state index contributed by atoms with van der Waals surface area (Å²) in [5.74, 6) is 0. The Hall–Kier alpha value is -4.77. The summed E-state index contributed by atoms with van der Waals surface area (Å²) in [6.45, 7) is 4.23. The summed E-state index contributed by atoms with van der Waals surface area (Å²) in [7, 11) is 4.23. The van der Waals surface area contributed by atoms with Crippen LogP contribution in [0.4, 0.5) is 0 Å². The molecule has 0 aliphatic heterocycles. The van der Waals surface area contributed by atoms with Gasteiger partial charge in [-0.1, -0.05) is 30.3 Å². The van der Waals surface area contributed by atoms with E-state index in [9.17, 15) is 0 Å². The van der Waals surface area contributed by atoms with E-state index in [4.69, 9.17) is 4.42 Å². The van der Waals surface area contributed by atoms with E-state index < -0.39 is 0 Å². The van der Waals surface area contributed by atoms with Gasteiger partial charge < -0.3 is 8.98 Å². The van der Waals surface area contributed by atoms with Crippen LogP contribution in [0.25, 0.3) is 66.5 Å². The van der Waals surface area contributed by atoms with E-state index in [0.29, 0.717) is 0 Å². The summed E-state index contributed by atoms with van der Waals surface area (Å²) in [5, 5.41) is 3.31. The van der Waals surface area contributed by atoms with E-state index in [1.165, 1.54) is 27.9 Å². The van der Waals surface area contributed by atoms with Crippen LogP contribution in [0.1, 0.15) is 11.3 Å². The zero-order chi connectivity index (χ0) is 26.0. The van der Waals surface area contributed by atoms with Crippen molar-refractivity contribution in [2.24, 2.45) is 14.1 Å². The molecule has 7 rings (SSSR count). The van der Waals surface area contributed by atoms with Crippen LogP contribution in [-0.2, 0) is 14.1 Å². The third-order valence-electron chi connectivity index (χ3n) is 7.68. The Morgan fingerprint density at radius 2 is 1.66 bits per heavy atom. The number of nitrogens with zero attached hydrogens (tertiary/aromatic N) is 4. The van der Waals surface area contributed by atoms with Crippen LogP contribution >= 0.6 is 0 Å². The molecule has 5 aromatic heterocycles. The summed E-state index contributed by atoms with van der Waals surface area (Å²) in [6.07, 6.45) is 7.77. The molecule has 0 unspecified atom stereocenters. The number of pyridine rings is 3. The molecule has 0 saturated heterocycles. The molecule has 5 heterocycles. The molecule has 0 fully saturated rings. The van der Waals surface area contributed by atoms with Crippen molar-refractivity contribution in [1.29, 1.82) is 0 Å². The number of benzene rings is 2. The minimum atomic E-state index is 0.798. The molecule has 0 amide bonds. The molecule has 184 valence electrons. The third kappa shape index (κ3) is 3.21. The van der Waals surface area contributed by atoms with Gasteiger partial charge in [0.15, 0.2) is 11.8 Å². The van der Waals surface area contributed by atoms with Crippen LogP contribution in [0.5, 0.6) is 0 Å². The van der Waals surface area contributed by atoms with Crippen LogP contribution in [0.15, 0.2) is 95.9 Å². The van der Waals surface area contributed by atoms with Crippen molar-refractivity contribution in [3.8, 4) is 33.6 Å². The van der Waals surface area contributed by atoms with Crippen molar-refractivity contribution in [3.63, 3.8) is 0 Å². The van der Waals surface area contributed by atoms with E-state index in [-0.39, 0.29) is 0 Å². The smallest absolute Gasteiger partial charge is 0.216 e. The van der Waals surface area contributed by atoms with Crippen LogP contribution in [-0.4, -0.2) is 14.5 Å². The number of aromatic nitrogens is 4. The Kier molecular flexibility index (Phi) is 4.95. The highest BCUT2D eigenvalue weighted by Gasteiger charge is 2.27. The highest BCUT2D eigenvalue weighted by molar-refractivity contribution is 6.13. The summed E-state index contributed by atoms with van der Waals surface area (Å²) in [5.41, 5.74) is 11.9. The molecule has 0 bridgehead atoms. The maximum atomic E-state index is 6.53. The van der Waals surface area contributed by atoms with Gasteiger partial charge in [-0.2, -0.15) is 0 Å². The number of hydrogen-bond acceptors (Lipinski definition) is 3. The molecule has 0 N–H and O–H groups in total. The topological polar surface area (TPSA) is 47.7 Å². The van der Waals surface area contributed by atoms with Crippen molar-refractivity contribution >= 4 is 32.8 Å². The second kappa shape index (κ2) is 8.38. The van der Waals surface area contributed by atoms with E-state index in [2.05, 4.69) is 113 Å². The van der Waals surface area contributed by atoms with E-state index in [1.54, 1.807) is 0 Å². The Morgan fingerprint density at radius 3 is 2.47 bits per heavy atom. The summed E-state index contributed by atoms with van der Waals surface area (Å²) in [4.78, 5) is 9.01. The molecule has 5 nitrogen and oxygen atoms in total. The monoisotopic (exact) mass is 495 g/mol. The van der Waals surface area contributed by atoms with E-state index in [1.807, 2.05) is 25.5 Å². The second-order valence-electron chi connectivity index (χ2n) is 9.96. The molecule has 38 heavy (non-hydrogen) atoms. The van der Waals surface area contributed by atoms with Gasteiger partial charge in [0.2, 0.25) is 5.69 Å². The van der Waals surface area contributed by atoms with E-state index >= 15 is 0 Å². The van der Waals surface area contributed by atoms with Crippen molar-refractivity contribution in [3.05, 3.63) is 103 Å². The molecule has 0 radical (unpaired) electrons. The van der Waals surface area contributed by atoms with Gasteiger partial charge >= 0.3 is 0 Å². The molecular weight excluding hydrogens is 468 g/mol. The standard InChI is InChI=1S/C33H27N4O/c1-20-16-24-25-17-23(21(2)30(28-12-8-9-15-36(28)3)33(25)38-29(24)19-35-20)32-31(22-10-6-5-7-11-22)26-18-34-14-13-27(26)37(32)4/h5-19H,1-4H3/q+1. The van der Waals surface area contributed by atoms with Crippen LogP contribution < -0.4 is 4.57 Å². The maximum Gasteiger partial charge on any atom is 0.216 e. The lowest BCUT2D eigenvalue weighted by Crippen LogP contribution is -2.30. The SMILES string of the molecule is Cc1cc2c(cn1)oc1c(-c3cccc[n+]3C)c(C)c(-c3c(-c4ccccc4)c4cnccc4n3C)cc12. The summed E-state index contributed by atoms with van der Waals surface area (Å²) >= 11 is 0. The Balaban J connectivity index is 1.69. The first-order chi connectivity index (χ1) is 18.5. The minimum absolute atomic E-state index is 0.798.